The van der Waals surface area contributed by atoms with E-state index in [2.05, 4.69) is 0 Å². The van der Waals surface area contributed by atoms with E-state index < -0.39 is 9.84 Å². The number of nitrogens with two attached hydrogens (primary N) is 1. The molecule has 0 heterocycles. The Morgan fingerprint density at radius 2 is 1.78 bits per heavy atom. The second kappa shape index (κ2) is 4.89. The van der Waals surface area contributed by atoms with Crippen molar-refractivity contribution in [2.75, 3.05) is 5.73 Å². The van der Waals surface area contributed by atoms with Crippen LogP contribution in [0.4, 0.5) is 5.69 Å². The average Bonchev–Trinajstić information content (AvgIpc) is 2.33. The van der Waals surface area contributed by atoms with Crippen LogP contribution in [0, 0.1) is 10.5 Å². The van der Waals surface area contributed by atoms with Crippen LogP contribution >= 0.6 is 22.6 Å². The Kier molecular flexibility index (Phi) is 3.63. The third kappa shape index (κ3) is 2.37. The molecule has 0 unspecified atom stereocenters. The normalized spacial score (nSPS) is 11.4. The highest BCUT2D eigenvalue weighted by Gasteiger charge is 2.19. The Bertz CT molecular complexity index is 696. The topological polar surface area (TPSA) is 60.2 Å². The van der Waals surface area contributed by atoms with E-state index in [4.69, 9.17) is 5.73 Å². The molecule has 0 atom stereocenters. The van der Waals surface area contributed by atoms with Crippen molar-refractivity contribution in [1.29, 1.82) is 0 Å². The average molecular weight is 373 g/mol. The Morgan fingerprint density at radius 3 is 2.39 bits per heavy atom. The van der Waals surface area contributed by atoms with Gasteiger partial charge < -0.3 is 5.73 Å². The lowest BCUT2D eigenvalue weighted by Crippen LogP contribution is -2.05. The highest BCUT2D eigenvalue weighted by molar-refractivity contribution is 14.1. The van der Waals surface area contributed by atoms with Crippen LogP contribution in [0.15, 0.2) is 52.3 Å². The molecule has 2 rings (SSSR count). The molecule has 0 amide bonds. The fourth-order valence-electron chi connectivity index (χ4n) is 1.66. The lowest BCUT2D eigenvalue weighted by Gasteiger charge is -2.08. The quantitative estimate of drug-likeness (QED) is 0.650. The lowest BCUT2D eigenvalue weighted by molar-refractivity contribution is 0.595. The van der Waals surface area contributed by atoms with Crippen LogP contribution in [0.25, 0.3) is 0 Å². The molecule has 2 aromatic carbocycles. The summed E-state index contributed by atoms with van der Waals surface area (Å²) < 4.78 is 25.7. The van der Waals surface area contributed by atoms with E-state index in [9.17, 15) is 8.42 Å². The van der Waals surface area contributed by atoms with E-state index in [1.54, 1.807) is 43.3 Å². The summed E-state index contributed by atoms with van der Waals surface area (Å²) in [5, 5.41) is 0. The zero-order valence-electron chi connectivity index (χ0n) is 9.72. The van der Waals surface area contributed by atoms with E-state index in [0.29, 0.717) is 10.6 Å². The standard InChI is InChI=1S/C13H12INO2S/c1-9-4-2-3-5-13(9)18(16,17)10-6-7-12(15)11(14)8-10/h2-8H,15H2,1H3. The zero-order valence-corrected chi connectivity index (χ0v) is 12.7. The molecule has 2 N–H and O–H groups in total. The van der Waals surface area contributed by atoms with Gasteiger partial charge in [0, 0.05) is 9.26 Å². The fraction of sp³-hybridized carbons (Fsp3) is 0.0769. The summed E-state index contributed by atoms with van der Waals surface area (Å²) in [6, 6.07) is 11.7. The first-order valence-corrected chi connectivity index (χ1v) is 7.85. The first-order valence-electron chi connectivity index (χ1n) is 5.28. The third-order valence-corrected chi connectivity index (χ3v) is 5.51. The summed E-state index contributed by atoms with van der Waals surface area (Å²) in [6.07, 6.45) is 0. The lowest BCUT2D eigenvalue weighted by atomic mass is 10.2. The second-order valence-electron chi connectivity index (χ2n) is 3.95. The number of rotatable bonds is 2. The first-order chi connectivity index (χ1) is 8.43. The van der Waals surface area contributed by atoms with Gasteiger partial charge in [-0.15, -0.1) is 0 Å². The zero-order chi connectivity index (χ0) is 13.3. The predicted octanol–water partition coefficient (Wildman–Crippen LogP) is 3.01. The van der Waals surface area contributed by atoms with E-state index in [1.807, 2.05) is 28.7 Å². The van der Waals surface area contributed by atoms with Gasteiger partial charge in [0.25, 0.3) is 0 Å². The highest BCUT2D eigenvalue weighted by atomic mass is 127. The molecule has 0 aliphatic heterocycles. The number of nitrogen functional groups attached to an aromatic ring is 1. The van der Waals surface area contributed by atoms with E-state index in [0.717, 1.165) is 9.13 Å². The number of benzene rings is 2. The van der Waals surface area contributed by atoms with E-state index in [1.165, 1.54) is 0 Å². The van der Waals surface area contributed by atoms with Crippen molar-refractivity contribution in [3.05, 3.63) is 51.6 Å². The Balaban J connectivity index is 2.62. The fourth-order valence-corrected chi connectivity index (χ4v) is 3.91. The molecule has 0 aliphatic rings. The van der Waals surface area contributed by atoms with Crippen LogP contribution in [-0.2, 0) is 9.84 Å². The maximum atomic E-state index is 12.5. The van der Waals surface area contributed by atoms with E-state index in [-0.39, 0.29) is 4.90 Å². The van der Waals surface area contributed by atoms with Crippen LogP contribution in [0.2, 0.25) is 0 Å². The van der Waals surface area contributed by atoms with Gasteiger partial charge in [-0.1, -0.05) is 18.2 Å². The molecule has 0 radical (unpaired) electrons. The van der Waals surface area contributed by atoms with Crippen molar-refractivity contribution in [3.63, 3.8) is 0 Å². The molecule has 0 aromatic heterocycles. The van der Waals surface area contributed by atoms with Gasteiger partial charge in [-0.3, -0.25) is 0 Å². The maximum absolute atomic E-state index is 12.5. The smallest absolute Gasteiger partial charge is 0.206 e. The van der Waals surface area contributed by atoms with Crippen LogP contribution in [0.5, 0.6) is 0 Å². The third-order valence-electron chi connectivity index (χ3n) is 2.67. The maximum Gasteiger partial charge on any atom is 0.206 e. The van der Waals surface area contributed by atoms with Crippen LogP contribution < -0.4 is 5.73 Å². The summed E-state index contributed by atoms with van der Waals surface area (Å²) >= 11 is 2.03. The molecule has 0 saturated heterocycles. The SMILES string of the molecule is Cc1ccccc1S(=O)(=O)c1ccc(N)c(I)c1. The van der Waals surface area contributed by atoms with Crippen molar-refractivity contribution >= 4 is 38.1 Å². The molecule has 5 heteroatoms. The summed E-state index contributed by atoms with van der Waals surface area (Å²) in [7, 11) is -3.47. The summed E-state index contributed by atoms with van der Waals surface area (Å²) in [6.45, 7) is 1.79. The summed E-state index contributed by atoms with van der Waals surface area (Å²) in [4.78, 5) is 0.612. The minimum absolute atomic E-state index is 0.274. The Labute approximate surface area is 120 Å². The van der Waals surface area contributed by atoms with Gasteiger partial charge in [-0.25, -0.2) is 8.42 Å². The summed E-state index contributed by atoms with van der Waals surface area (Å²) in [5.74, 6) is 0. The van der Waals surface area contributed by atoms with Crippen LogP contribution in [0.3, 0.4) is 0 Å². The molecule has 0 saturated carbocycles. The molecule has 0 aliphatic carbocycles. The molecular weight excluding hydrogens is 361 g/mol. The van der Waals surface area contributed by atoms with Crippen molar-refractivity contribution in [3.8, 4) is 0 Å². The summed E-state index contributed by atoms with van der Waals surface area (Å²) in [5.41, 5.74) is 7.02. The Morgan fingerprint density at radius 1 is 1.11 bits per heavy atom. The van der Waals surface area contributed by atoms with Crippen molar-refractivity contribution < 1.29 is 8.42 Å². The van der Waals surface area contributed by atoms with Gasteiger partial charge in [-0.05, 0) is 59.3 Å². The van der Waals surface area contributed by atoms with Crippen LogP contribution in [0.1, 0.15) is 5.56 Å². The van der Waals surface area contributed by atoms with Gasteiger partial charge in [0.2, 0.25) is 9.84 Å². The largest absolute Gasteiger partial charge is 0.398 e. The molecule has 0 fully saturated rings. The second-order valence-corrected chi connectivity index (χ2v) is 7.03. The number of hydrogen-bond donors (Lipinski definition) is 1. The molecule has 3 nitrogen and oxygen atoms in total. The van der Waals surface area contributed by atoms with Gasteiger partial charge in [0.15, 0.2) is 0 Å². The molecule has 0 bridgehead atoms. The Hall–Kier alpha value is -1.08. The van der Waals surface area contributed by atoms with Gasteiger partial charge in [-0.2, -0.15) is 0 Å². The predicted molar refractivity (Wildman–Crippen MR) is 80.2 cm³/mol. The number of hydrogen-bond acceptors (Lipinski definition) is 3. The first kappa shape index (κ1) is 13.4. The van der Waals surface area contributed by atoms with Gasteiger partial charge in [0.05, 0.1) is 9.79 Å². The minimum atomic E-state index is -3.47. The number of anilines is 1. The molecule has 2 aromatic rings. The van der Waals surface area contributed by atoms with Crippen LogP contribution in [-0.4, -0.2) is 8.42 Å². The van der Waals surface area contributed by atoms with E-state index >= 15 is 0 Å². The van der Waals surface area contributed by atoms with Crippen molar-refractivity contribution in [1.82, 2.24) is 0 Å². The molecule has 0 spiro atoms. The molecule has 18 heavy (non-hydrogen) atoms. The minimum Gasteiger partial charge on any atom is -0.398 e. The molecule has 94 valence electrons. The number of halogens is 1. The highest BCUT2D eigenvalue weighted by Crippen LogP contribution is 2.26. The van der Waals surface area contributed by atoms with Crippen molar-refractivity contribution in [2.45, 2.75) is 16.7 Å². The van der Waals surface area contributed by atoms with Crippen molar-refractivity contribution in [2.24, 2.45) is 0 Å². The number of aryl methyl sites for hydroxylation is 1. The molecular formula is C13H12INO2S. The number of sulfone groups is 1. The van der Waals surface area contributed by atoms with Gasteiger partial charge >= 0.3 is 0 Å². The monoisotopic (exact) mass is 373 g/mol. The van der Waals surface area contributed by atoms with Gasteiger partial charge in [0.1, 0.15) is 0 Å².